The summed E-state index contributed by atoms with van der Waals surface area (Å²) >= 11 is 6.43. The number of fused-ring (bicyclic) bond motifs is 1. The number of esters is 1. The number of allylic oxidation sites excluding steroid dienone is 2. The first-order valence-electron chi connectivity index (χ1n) is 13.0. The van der Waals surface area contributed by atoms with Crippen molar-refractivity contribution in [3.05, 3.63) is 95.2 Å². The fraction of sp³-hybridized carbons (Fsp3) is 0.167. The first-order chi connectivity index (χ1) is 20.3. The van der Waals surface area contributed by atoms with Gasteiger partial charge < -0.3 is 25.8 Å². The summed E-state index contributed by atoms with van der Waals surface area (Å²) in [6.07, 6.45) is 5.25. The Bertz CT molecular complexity index is 1710. The summed E-state index contributed by atoms with van der Waals surface area (Å²) in [6, 6.07) is 15.9. The van der Waals surface area contributed by atoms with Gasteiger partial charge in [-0.1, -0.05) is 23.7 Å². The number of aromatic nitrogens is 2. The molecule has 0 aliphatic heterocycles. The van der Waals surface area contributed by atoms with Crippen LogP contribution in [-0.2, 0) is 25.7 Å². The number of rotatable bonds is 10. The Hall–Kier alpha value is -5.03. The minimum Gasteiger partial charge on any atom is -0.487 e. The van der Waals surface area contributed by atoms with Crippen LogP contribution in [0.3, 0.4) is 0 Å². The fourth-order valence-corrected chi connectivity index (χ4v) is 4.58. The van der Waals surface area contributed by atoms with Gasteiger partial charge in [0.15, 0.2) is 0 Å². The number of benzene rings is 3. The molecule has 1 aromatic heterocycles. The van der Waals surface area contributed by atoms with Gasteiger partial charge >= 0.3 is 5.97 Å². The molecule has 2 amide bonds. The summed E-state index contributed by atoms with van der Waals surface area (Å²) < 4.78 is 24.4. The molecule has 0 spiro atoms. The number of hydrogen-bond donors (Lipinski definition) is 3. The van der Waals surface area contributed by atoms with Crippen molar-refractivity contribution in [1.82, 2.24) is 9.97 Å². The number of amides is 2. The van der Waals surface area contributed by atoms with Gasteiger partial charge in [-0.25, -0.2) is 14.4 Å². The number of nitrogens with zero attached hydrogens (tertiary/aromatic N) is 2. The van der Waals surface area contributed by atoms with Crippen LogP contribution in [0.2, 0.25) is 5.02 Å². The van der Waals surface area contributed by atoms with Gasteiger partial charge in [0.05, 0.1) is 10.5 Å². The van der Waals surface area contributed by atoms with Crippen LogP contribution in [0.1, 0.15) is 24.8 Å². The van der Waals surface area contributed by atoms with Crippen molar-refractivity contribution in [2.24, 2.45) is 11.7 Å². The van der Waals surface area contributed by atoms with Crippen molar-refractivity contribution >= 4 is 57.5 Å². The zero-order chi connectivity index (χ0) is 29.6. The average Bonchev–Trinajstić information content (AvgIpc) is 3.46. The molecular weight excluding hydrogens is 565 g/mol. The Balaban J connectivity index is 1.30. The zero-order valence-electron chi connectivity index (χ0n) is 22.1. The lowest BCUT2D eigenvalue weighted by atomic mass is 10.1. The van der Waals surface area contributed by atoms with E-state index in [1.165, 1.54) is 18.5 Å². The highest BCUT2D eigenvalue weighted by atomic mass is 35.5. The van der Waals surface area contributed by atoms with Gasteiger partial charge in [-0.15, -0.1) is 0 Å². The third kappa shape index (κ3) is 6.81. The van der Waals surface area contributed by atoms with E-state index < -0.39 is 23.7 Å². The Labute approximate surface area is 244 Å². The molecule has 1 aliphatic rings. The van der Waals surface area contributed by atoms with Gasteiger partial charge in [0.25, 0.3) is 0 Å². The lowest BCUT2D eigenvalue weighted by Gasteiger charge is -2.15. The van der Waals surface area contributed by atoms with Crippen LogP contribution in [0.4, 0.5) is 21.6 Å². The molecule has 3 aromatic carbocycles. The Morgan fingerprint density at radius 1 is 1.05 bits per heavy atom. The molecular formula is C30H25ClFN5O5. The summed E-state index contributed by atoms with van der Waals surface area (Å²) in [6.45, 7) is 0.140. The molecule has 42 heavy (non-hydrogen) atoms. The van der Waals surface area contributed by atoms with Crippen molar-refractivity contribution < 1.29 is 28.2 Å². The molecule has 4 aromatic rings. The predicted molar refractivity (Wildman–Crippen MR) is 154 cm³/mol. The van der Waals surface area contributed by atoms with Crippen LogP contribution >= 0.6 is 11.6 Å². The molecule has 1 unspecified atom stereocenters. The van der Waals surface area contributed by atoms with Crippen LogP contribution in [0, 0.1) is 11.7 Å². The van der Waals surface area contributed by atoms with E-state index in [1.54, 1.807) is 54.6 Å². The van der Waals surface area contributed by atoms with Crippen molar-refractivity contribution in [1.29, 1.82) is 0 Å². The molecule has 1 aliphatic carbocycles. The lowest BCUT2D eigenvalue weighted by Crippen LogP contribution is -2.40. The Morgan fingerprint density at radius 3 is 2.62 bits per heavy atom. The number of hydrogen-bond acceptors (Lipinski definition) is 8. The number of halogens is 2. The van der Waals surface area contributed by atoms with E-state index in [-0.39, 0.29) is 18.1 Å². The standard InChI is InChI=1S/C30H25ClFN5O5/c31-23-14-20(9-11-25(23)41-15-17-4-3-5-18(32)12-17)36-28-22-13-19(8-10-24(22)34-16-35-28)37-29(39)26(27(33)38)30(40)42-21-6-1-2-7-21/h3-6,8-14,16,26H,1-2,7,15H2,(H2,33,38)(H,37,39)(H,34,35,36). The van der Waals surface area contributed by atoms with Crippen LogP contribution in [0.15, 0.2) is 78.8 Å². The number of anilines is 3. The summed E-state index contributed by atoms with van der Waals surface area (Å²) in [5.74, 6) is -4.01. The molecule has 0 bridgehead atoms. The third-order valence-corrected chi connectivity index (χ3v) is 6.69. The van der Waals surface area contributed by atoms with E-state index in [0.29, 0.717) is 50.9 Å². The highest BCUT2D eigenvalue weighted by Gasteiger charge is 2.35. The number of ether oxygens (including phenoxy) is 2. The quantitative estimate of drug-likeness (QED) is 0.165. The molecule has 0 saturated heterocycles. The number of nitrogens with one attached hydrogen (secondary N) is 2. The second-order valence-electron chi connectivity index (χ2n) is 9.45. The normalized spacial score (nSPS) is 13.2. The van der Waals surface area contributed by atoms with Crippen molar-refractivity contribution in [3.8, 4) is 5.75 Å². The maximum Gasteiger partial charge on any atom is 0.333 e. The Morgan fingerprint density at radius 2 is 1.88 bits per heavy atom. The minimum atomic E-state index is -1.82. The van der Waals surface area contributed by atoms with Gasteiger partial charge in [-0.3, -0.25) is 14.4 Å². The molecule has 0 radical (unpaired) electrons. The smallest absolute Gasteiger partial charge is 0.333 e. The highest BCUT2D eigenvalue weighted by Crippen LogP contribution is 2.32. The summed E-state index contributed by atoms with van der Waals surface area (Å²) in [4.78, 5) is 45.9. The van der Waals surface area contributed by atoms with Crippen LogP contribution in [-0.4, -0.2) is 27.8 Å². The first-order valence-corrected chi connectivity index (χ1v) is 13.3. The van der Waals surface area contributed by atoms with Gasteiger partial charge in [-0.2, -0.15) is 0 Å². The van der Waals surface area contributed by atoms with Crippen LogP contribution < -0.4 is 21.1 Å². The van der Waals surface area contributed by atoms with Crippen molar-refractivity contribution in [2.75, 3.05) is 10.6 Å². The monoisotopic (exact) mass is 589 g/mol. The largest absolute Gasteiger partial charge is 0.487 e. The van der Waals surface area contributed by atoms with Crippen molar-refractivity contribution in [2.45, 2.75) is 25.9 Å². The van der Waals surface area contributed by atoms with Gasteiger partial charge in [0, 0.05) is 23.2 Å². The van der Waals surface area contributed by atoms with E-state index in [9.17, 15) is 18.8 Å². The molecule has 0 fully saturated rings. The summed E-state index contributed by atoms with van der Waals surface area (Å²) in [5, 5.41) is 6.58. The molecule has 4 N–H and O–H groups in total. The average molecular weight is 590 g/mol. The van der Waals surface area contributed by atoms with E-state index in [0.717, 1.165) is 12.8 Å². The molecule has 0 saturated carbocycles. The zero-order valence-corrected chi connectivity index (χ0v) is 22.9. The summed E-state index contributed by atoms with van der Waals surface area (Å²) in [7, 11) is 0. The van der Waals surface area contributed by atoms with Gasteiger partial charge in [0.2, 0.25) is 17.7 Å². The topological polar surface area (TPSA) is 146 Å². The Kier molecular flexibility index (Phi) is 8.58. The van der Waals surface area contributed by atoms with E-state index in [1.807, 2.05) is 0 Å². The van der Waals surface area contributed by atoms with E-state index >= 15 is 0 Å². The molecule has 10 nitrogen and oxygen atoms in total. The number of carbonyl (C=O) groups is 3. The predicted octanol–water partition coefficient (Wildman–Crippen LogP) is 5.40. The molecule has 12 heteroatoms. The lowest BCUT2D eigenvalue weighted by molar-refractivity contribution is -0.151. The maximum absolute atomic E-state index is 13.4. The fourth-order valence-electron chi connectivity index (χ4n) is 4.34. The SMILES string of the molecule is NC(=O)C(C(=O)Nc1ccc2ncnc(Nc3ccc(OCc4cccc(F)c4)c(Cl)c3)c2c1)C(=O)OC1=CCCC1. The van der Waals surface area contributed by atoms with Crippen LogP contribution in [0.5, 0.6) is 5.75 Å². The number of nitrogens with two attached hydrogens (primary N) is 1. The van der Waals surface area contributed by atoms with Crippen molar-refractivity contribution in [3.63, 3.8) is 0 Å². The number of primary amides is 1. The van der Waals surface area contributed by atoms with E-state index in [2.05, 4.69) is 20.6 Å². The maximum atomic E-state index is 13.4. The van der Waals surface area contributed by atoms with Crippen LogP contribution in [0.25, 0.3) is 10.9 Å². The highest BCUT2D eigenvalue weighted by molar-refractivity contribution is 6.32. The first kappa shape index (κ1) is 28.5. The van der Waals surface area contributed by atoms with Gasteiger partial charge in [0.1, 0.15) is 36.1 Å². The molecule has 214 valence electrons. The second kappa shape index (κ2) is 12.6. The van der Waals surface area contributed by atoms with Gasteiger partial charge in [-0.05, 0) is 73.0 Å². The molecule has 1 atom stereocenters. The second-order valence-corrected chi connectivity index (χ2v) is 9.86. The molecule has 5 rings (SSSR count). The van der Waals surface area contributed by atoms with E-state index in [4.69, 9.17) is 26.8 Å². The molecule has 1 heterocycles. The number of carbonyl (C=O) groups excluding carboxylic acids is 3. The summed E-state index contributed by atoms with van der Waals surface area (Å²) in [5.41, 5.74) is 7.45. The minimum absolute atomic E-state index is 0.140. The third-order valence-electron chi connectivity index (χ3n) is 6.39.